The number of aromatic hydroxyl groups is 1. The minimum atomic E-state index is -1.11. The predicted molar refractivity (Wildman–Crippen MR) is 55.6 cm³/mol. The molecule has 1 aromatic carbocycles. The lowest BCUT2D eigenvalue weighted by molar-refractivity contribution is 0.0694. The van der Waals surface area contributed by atoms with Crippen molar-refractivity contribution < 1.29 is 15.0 Å². The molecule has 0 aliphatic carbocycles. The molecule has 0 aliphatic rings. The highest BCUT2D eigenvalue weighted by Gasteiger charge is 2.05. The van der Waals surface area contributed by atoms with Gasteiger partial charge >= 0.3 is 5.97 Å². The Bertz CT molecular complexity index is 280. The van der Waals surface area contributed by atoms with Gasteiger partial charge < -0.3 is 10.2 Å². The number of para-hydroxylation sites is 1. The highest BCUT2D eigenvalue weighted by molar-refractivity contribution is 5.90. The van der Waals surface area contributed by atoms with E-state index >= 15 is 0 Å². The number of benzene rings is 1. The smallest absolute Gasteiger partial charge is 0.339 e. The molecule has 0 saturated carbocycles. The number of hydrogen-bond acceptors (Lipinski definition) is 2. The summed E-state index contributed by atoms with van der Waals surface area (Å²) in [6.45, 7) is 4.36. The standard InChI is InChI=1S/C7H6O3.C4H10/c8-6-4-2-1-3-5(6)7(9)10;1-3-4-2/h1-4,8H,(H,9,10);3-4H2,1-2H3. The summed E-state index contributed by atoms with van der Waals surface area (Å²) in [5, 5.41) is 17.3. The fraction of sp³-hybridized carbons (Fsp3) is 0.364. The molecule has 0 amide bonds. The lowest BCUT2D eigenvalue weighted by atomic mass is 10.2. The van der Waals surface area contributed by atoms with E-state index < -0.39 is 5.97 Å². The van der Waals surface area contributed by atoms with Crippen LogP contribution in [-0.4, -0.2) is 16.2 Å². The van der Waals surface area contributed by atoms with E-state index in [1.54, 1.807) is 12.1 Å². The molecular weight excluding hydrogens is 180 g/mol. The zero-order chi connectivity index (χ0) is 11.0. The normalized spacial score (nSPS) is 8.71. The van der Waals surface area contributed by atoms with Gasteiger partial charge in [-0.05, 0) is 12.1 Å². The first kappa shape index (κ1) is 12.5. The molecule has 0 spiro atoms. The van der Waals surface area contributed by atoms with Gasteiger partial charge in [-0.2, -0.15) is 0 Å². The van der Waals surface area contributed by atoms with Crippen LogP contribution in [0.25, 0.3) is 0 Å². The van der Waals surface area contributed by atoms with Crippen molar-refractivity contribution in [2.24, 2.45) is 0 Å². The molecule has 14 heavy (non-hydrogen) atoms. The van der Waals surface area contributed by atoms with Crippen LogP contribution in [0.3, 0.4) is 0 Å². The van der Waals surface area contributed by atoms with Gasteiger partial charge in [0.2, 0.25) is 0 Å². The van der Waals surface area contributed by atoms with E-state index in [1.165, 1.54) is 25.0 Å². The number of rotatable bonds is 2. The van der Waals surface area contributed by atoms with E-state index in [-0.39, 0.29) is 11.3 Å². The maximum Gasteiger partial charge on any atom is 0.339 e. The van der Waals surface area contributed by atoms with Crippen LogP contribution < -0.4 is 0 Å². The third kappa shape index (κ3) is 4.50. The molecule has 0 saturated heterocycles. The van der Waals surface area contributed by atoms with Gasteiger partial charge in [0.05, 0.1) is 0 Å². The Morgan fingerprint density at radius 3 is 2.00 bits per heavy atom. The second kappa shape index (κ2) is 6.95. The number of carboxylic acids is 1. The molecule has 0 unspecified atom stereocenters. The molecule has 3 heteroatoms. The summed E-state index contributed by atoms with van der Waals surface area (Å²) in [6.07, 6.45) is 2.64. The van der Waals surface area contributed by atoms with Crippen LogP contribution in [0.4, 0.5) is 0 Å². The van der Waals surface area contributed by atoms with E-state index in [9.17, 15) is 4.79 Å². The Hall–Kier alpha value is -1.51. The number of hydrogen-bond donors (Lipinski definition) is 2. The third-order valence-corrected chi connectivity index (χ3v) is 1.63. The Labute approximate surface area is 84.0 Å². The van der Waals surface area contributed by atoms with Crippen molar-refractivity contribution >= 4 is 5.97 Å². The first-order valence-electron chi connectivity index (χ1n) is 4.64. The molecule has 0 radical (unpaired) electrons. The zero-order valence-corrected chi connectivity index (χ0v) is 8.53. The van der Waals surface area contributed by atoms with E-state index in [0.717, 1.165) is 0 Å². The van der Waals surface area contributed by atoms with Crippen LogP contribution in [0.2, 0.25) is 0 Å². The lowest BCUT2D eigenvalue weighted by Crippen LogP contribution is -1.95. The number of aromatic carboxylic acids is 1. The molecule has 0 atom stereocenters. The monoisotopic (exact) mass is 196 g/mol. The molecule has 1 aromatic rings. The van der Waals surface area contributed by atoms with E-state index in [4.69, 9.17) is 10.2 Å². The van der Waals surface area contributed by atoms with Crippen LogP contribution in [0.5, 0.6) is 5.75 Å². The molecule has 2 N–H and O–H groups in total. The molecule has 78 valence electrons. The maximum atomic E-state index is 10.3. The van der Waals surface area contributed by atoms with Gasteiger partial charge in [0.1, 0.15) is 11.3 Å². The van der Waals surface area contributed by atoms with Crippen LogP contribution in [0, 0.1) is 0 Å². The van der Waals surface area contributed by atoms with Crippen molar-refractivity contribution in [1.82, 2.24) is 0 Å². The lowest BCUT2D eigenvalue weighted by Gasteiger charge is -1.95. The Balaban J connectivity index is 0.000000364. The van der Waals surface area contributed by atoms with Crippen molar-refractivity contribution in [3.05, 3.63) is 29.8 Å². The Morgan fingerprint density at radius 2 is 1.71 bits per heavy atom. The van der Waals surface area contributed by atoms with Crippen molar-refractivity contribution in [2.75, 3.05) is 0 Å². The van der Waals surface area contributed by atoms with Crippen molar-refractivity contribution in [3.63, 3.8) is 0 Å². The highest BCUT2D eigenvalue weighted by Crippen LogP contribution is 2.14. The molecule has 3 nitrogen and oxygen atoms in total. The molecule has 0 fully saturated rings. The number of unbranched alkanes of at least 4 members (excludes halogenated alkanes) is 1. The quantitative estimate of drug-likeness (QED) is 0.764. The van der Waals surface area contributed by atoms with Gasteiger partial charge in [-0.3, -0.25) is 0 Å². The third-order valence-electron chi connectivity index (χ3n) is 1.63. The molecule has 0 aromatic heterocycles. The first-order valence-corrected chi connectivity index (χ1v) is 4.64. The molecule has 0 bridgehead atoms. The topological polar surface area (TPSA) is 57.5 Å². The summed E-state index contributed by atoms with van der Waals surface area (Å²) in [5.41, 5.74) is -0.0671. The molecule has 0 heterocycles. The van der Waals surface area contributed by atoms with Crippen LogP contribution in [0.15, 0.2) is 24.3 Å². The maximum absolute atomic E-state index is 10.3. The fourth-order valence-electron chi connectivity index (χ4n) is 0.654. The van der Waals surface area contributed by atoms with Gasteiger partial charge in [-0.25, -0.2) is 4.79 Å². The largest absolute Gasteiger partial charge is 0.507 e. The van der Waals surface area contributed by atoms with Crippen LogP contribution in [0.1, 0.15) is 37.0 Å². The van der Waals surface area contributed by atoms with Crippen LogP contribution >= 0.6 is 0 Å². The first-order chi connectivity index (χ1) is 6.63. The van der Waals surface area contributed by atoms with Gasteiger partial charge in [0, 0.05) is 0 Å². The number of carbonyl (C=O) groups is 1. The van der Waals surface area contributed by atoms with Crippen LogP contribution in [-0.2, 0) is 0 Å². The predicted octanol–water partition coefficient (Wildman–Crippen LogP) is 2.90. The minimum Gasteiger partial charge on any atom is -0.507 e. The summed E-state index contributed by atoms with van der Waals surface area (Å²) in [4.78, 5) is 10.3. The molecule has 0 aliphatic heterocycles. The zero-order valence-electron chi connectivity index (χ0n) is 8.53. The van der Waals surface area contributed by atoms with Crippen molar-refractivity contribution in [2.45, 2.75) is 26.7 Å². The molecule has 1 rings (SSSR count). The van der Waals surface area contributed by atoms with E-state index in [2.05, 4.69) is 13.8 Å². The summed E-state index contributed by atoms with van der Waals surface area (Å²) < 4.78 is 0. The SMILES string of the molecule is CCCC.O=C(O)c1ccccc1O. The summed E-state index contributed by atoms with van der Waals surface area (Å²) >= 11 is 0. The number of phenols is 1. The minimum absolute atomic E-state index is 0.0671. The van der Waals surface area contributed by atoms with Gasteiger partial charge in [-0.15, -0.1) is 0 Å². The molecular formula is C11H16O3. The van der Waals surface area contributed by atoms with E-state index in [1.807, 2.05) is 0 Å². The summed E-state index contributed by atoms with van der Waals surface area (Å²) in [6, 6.07) is 5.81. The summed E-state index contributed by atoms with van der Waals surface area (Å²) in [5.74, 6) is -1.31. The second-order valence-electron chi connectivity index (χ2n) is 2.82. The van der Waals surface area contributed by atoms with Crippen molar-refractivity contribution in [3.8, 4) is 5.75 Å². The van der Waals surface area contributed by atoms with E-state index in [0.29, 0.717) is 0 Å². The fourth-order valence-corrected chi connectivity index (χ4v) is 0.654. The highest BCUT2D eigenvalue weighted by atomic mass is 16.4. The van der Waals surface area contributed by atoms with Crippen molar-refractivity contribution in [1.29, 1.82) is 0 Å². The summed E-state index contributed by atoms with van der Waals surface area (Å²) in [7, 11) is 0. The second-order valence-corrected chi connectivity index (χ2v) is 2.82. The van der Waals surface area contributed by atoms with Gasteiger partial charge in [0.15, 0.2) is 0 Å². The average molecular weight is 196 g/mol. The van der Waals surface area contributed by atoms with Gasteiger partial charge in [0.25, 0.3) is 0 Å². The number of carboxylic acid groups (broad SMARTS) is 1. The Kier molecular flexibility index (Phi) is 6.20. The Morgan fingerprint density at radius 1 is 1.21 bits per heavy atom. The average Bonchev–Trinajstić information content (AvgIpc) is 2.18. The van der Waals surface area contributed by atoms with Gasteiger partial charge in [-0.1, -0.05) is 38.8 Å².